The van der Waals surface area contributed by atoms with Gasteiger partial charge in [-0.05, 0) is 43.5 Å². The molecule has 1 aliphatic heterocycles. The molecule has 0 saturated heterocycles. The van der Waals surface area contributed by atoms with Gasteiger partial charge in [-0.2, -0.15) is 0 Å². The highest BCUT2D eigenvalue weighted by Crippen LogP contribution is 2.29. The highest BCUT2D eigenvalue weighted by molar-refractivity contribution is 6.07. The third-order valence-corrected chi connectivity index (χ3v) is 3.63. The Labute approximate surface area is 118 Å². The van der Waals surface area contributed by atoms with Gasteiger partial charge in [-0.1, -0.05) is 17.7 Å². The number of pyridine rings is 1. The molecule has 0 unspecified atom stereocenters. The van der Waals surface area contributed by atoms with Crippen LogP contribution in [0.4, 0.5) is 11.5 Å². The topological polar surface area (TPSA) is 59.2 Å². The van der Waals surface area contributed by atoms with Crippen molar-refractivity contribution in [2.24, 2.45) is 0 Å². The number of nitrogen functional groups attached to an aromatic ring is 1. The third kappa shape index (κ3) is 2.25. The highest BCUT2D eigenvalue weighted by Gasteiger charge is 2.23. The molecule has 2 heterocycles. The van der Waals surface area contributed by atoms with Crippen LogP contribution in [0.5, 0.6) is 0 Å². The summed E-state index contributed by atoms with van der Waals surface area (Å²) in [6, 6.07) is 9.58. The molecule has 4 heteroatoms. The lowest BCUT2D eigenvalue weighted by molar-refractivity contribution is 0.0985. The molecule has 0 atom stereocenters. The lowest BCUT2D eigenvalue weighted by Crippen LogP contribution is -2.35. The number of carbonyl (C=O) groups excluding carboxylic acids is 1. The van der Waals surface area contributed by atoms with E-state index in [1.165, 1.54) is 11.1 Å². The summed E-state index contributed by atoms with van der Waals surface area (Å²) >= 11 is 0. The molecule has 0 fully saturated rings. The molecule has 102 valence electrons. The first-order valence-corrected chi connectivity index (χ1v) is 6.78. The van der Waals surface area contributed by atoms with Crippen LogP contribution < -0.4 is 10.6 Å². The second kappa shape index (κ2) is 4.96. The van der Waals surface area contributed by atoms with Gasteiger partial charge in [0, 0.05) is 24.0 Å². The Kier molecular flexibility index (Phi) is 3.14. The molecule has 0 bridgehead atoms. The molecule has 0 spiro atoms. The van der Waals surface area contributed by atoms with E-state index in [0.717, 1.165) is 25.1 Å². The van der Waals surface area contributed by atoms with Crippen LogP contribution >= 0.6 is 0 Å². The van der Waals surface area contributed by atoms with Crippen LogP contribution in [0, 0.1) is 6.92 Å². The minimum atomic E-state index is -0.0103. The van der Waals surface area contributed by atoms with Crippen LogP contribution in [0.3, 0.4) is 0 Å². The van der Waals surface area contributed by atoms with Gasteiger partial charge in [0.15, 0.2) is 0 Å². The summed E-state index contributed by atoms with van der Waals surface area (Å²) in [5.74, 6) is 0.362. The number of anilines is 2. The zero-order valence-electron chi connectivity index (χ0n) is 11.5. The number of fused-ring (bicyclic) bond motifs is 1. The largest absolute Gasteiger partial charge is 0.384 e. The molecule has 0 aliphatic carbocycles. The lowest BCUT2D eigenvalue weighted by Gasteiger charge is -2.30. The summed E-state index contributed by atoms with van der Waals surface area (Å²) in [5.41, 5.74) is 9.73. The number of aryl methyl sites for hydroxylation is 2. The van der Waals surface area contributed by atoms with E-state index in [2.05, 4.69) is 18.0 Å². The summed E-state index contributed by atoms with van der Waals surface area (Å²) in [6.45, 7) is 2.82. The summed E-state index contributed by atoms with van der Waals surface area (Å²) in [5, 5.41) is 0. The summed E-state index contributed by atoms with van der Waals surface area (Å²) in [4.78, 5) is 18.4. The predicted molar refractivity (Wildman–Crippen MR) is 79.8 cm³/mol. The van der Waals surface area contributed by atoms with E-state index in [0.29, 0.717) is 11.4 Å². The molecule has 1 aliphatic rings. The Balaban J connectivity index is 1.98. The molecule has 1 aromatic heterocycles. The van der Waals surface area contributed by atoms with Crippen LogP contribution in [0.25, 0.3) is 0 Å². The normalized spacial score (nSPS) is 13.9. The second-order valence-electron chi connectivity index (χ2n) is 5.16. The van der Waals surface area contributed by atoms with Crippen molar-refractivity contribution >= 4 is 17.4 Å². The lowest BCUT2D eigenvalue weighted by atomic mass is 9.99. The average molecular weight is 267 g/mol. The minimum Gasteiger partial charge on any atom is -0.384 e. The Morgan fingerprint density at radius 1 is 1.30 bits per heavy atom. The van der Waals surface area contributed by atoms with Crippen LogP contribution in [0.1, 0.15) is 27.9 Å². The zero-order valence-corrected chi connectivity index (χ0v) is 11.5. The van der Waals surface area contributed by atoms with E-state index >= 15 is 0 Å². The smallest absolute Gasteiger partial charge is 0.258 e. The van der Waals surface area contributed by atoms with Gasteiger partial charge in [0.1, 0.15) is 5.82 Å². The van der Waals surface area contributed by atoms with Crippen molar-refractivity contribution in [2.75, 3.05) is 17.2 Å². The molecule has 2 aromatic rings. The third-order valence-electron chi connectivity index (χ3n) is 3.63. The number of hydrogen-bond donors (Lipinski definition) is 1. The number of benzene rings is 1. The monoisotopic (exact) mass is 267 g/mol. The highest BCUT2D eigenvalue weighted by atomic mass is 16.2. The number of carbonyl (C=O) groups is 1. The van der Waals surface area contributed by atoms with Gasteiger partial charge in [-0.3, -0.25) is 4.79 Å². The SMILES string of the molecule is Cc1ccc2c(c1)CCCN2C(=O)c1ccnc(N)c1. The molecular formula is C16H17N3O. The van der Waals surface area contributed by atoms with Crippen molar-refractivity contribution < 1.29 is 4.79 Å². The minimum absolute atomic E-state index is 0.0103. The Hall–Kier alpha value is -2.36. The van der Waals surface area contributed by atoms with Crippen LogP contribution in [-0.4, -0.2) is 17.4 Å². The van der Waals surface area contributed by atoms with Gasteiger partial charge in [-0.15, -0.1) is 0 Å². The standard InChI is InChI=1S/C16H17N3O/c1-11-4-5-14-12(9-11)3-2-8-19(14)16(20)13-6-7-18-15(17)10-13/h4-7,9-10H,2-3,8H2,1H3,(H2,17,18). The molecule has 2 N–H and O–H groups in total. The first-order valence-electron chi connectivity index (χ1n) is 6.78. The average Bonchev–Trinajstić information content (AvgIpc) is 2.45. The zero-order chi connectivity index (χ0) is 14.1. The Morgan fingerprint density at radius 2 is 2.15 bits per heavy atom. The van der Waals surface area contributed by atoms with Gasteiger partial charge in [0.05, 0.1) is 0 Å². The number of nitrogens with zero attached hydrogens (tertiary/aromatic N) is 2. The number of aromatic nitrogens is 1. The molecule has 1 amide bonds. The predicted octanol–water partition coefficient (Wildman–Crippen LogP) is 2.57. The number of amides is 1. The van der Waals surface area contributed by atoms with Crippen molar-refractivity contribution in [3.05, 3.63) is 53.2 Å². The molecule has 1 aromatic carbocycles. The van der Waals surface area contributed by atoms with Gasteiger partial charge in [-0.25, -0.2) is 4.98 Å². The van der Waals surface area contributed by atoms with E-state index in [1.54, 1.807) is 18.3 Å². The van der Waals surface area contributed by atoms with Gasteiger partial charge < -0.3 is 10.6 Å². The number of rotatable bonds is 1. The number of hydrogen-bond acceptors (Lipinski definition) is 3. The maximum absolute atomic E-state index is 12.6. The van der Waals surface area contributed by atoms with E-state index in [1.807, 2.05) is 17.0 Å². The summed E-state index contributed by atoms with van der Waals surface area (Å²) in [7, 11) is 0. The molecule has 3 rings (SSSR count). The van der Waals surface area contributed by atoms with Gasteiger partial charge in [0.2, 0.25) is 0 Å². The van der Waals surface area contributed by atoms with E-state index in [-0.39, 0.29) is 5.91 Å². The molecule has 20 heavy (non-hydrogen) atoms. The van der Waals surface area contributed by atoms with Crippen molar-refractivity contribution in [2.45, 2.75) is 19.8 Å². The van der Waals surface area contributed by atoms with Crippen molar-refractivity contribution in [1.29, 1.82) is 0 Å². The Bertz CT molecular complexity index is 667. The van der Waals surface area contributed by atoms with Gasteiger partial charge in [0.25, 0.3) is 5.91 Å². The van der Waals surface area contributed by atoms with Crippen molar-refractivity contribution in [1.82, 2.24) is 4.98 Å². The quantitative estimate of drug-likeness (QED) is 0.863. The van der Waals surface area contributed by atoms with Crippen LogP contribution in [-0.2, 0) is 6.42 Å². The van der Waals surface area contributed by atoms with E-state index < -0.39 is 0 Å². The summed E-state index contributed by atoms with van der Waals surface area (Å²) in [6.07, 6.45) is 3.59. The van der Waals surface area contributed by atoms with Crippen LogP contribution in [0.2, 0.25) is 0 Å². The van der Waals surface area contributed by atoms with E-state index in [4.69, 9.17) is 5.73 Å². The number of nitrogens with two attached hydrogens (primary N) is 1. The maximum atomic E-state index is 12.6. The molecule has 0 radical (unpaired) electrons. The molecule has 0 saturated carbocycles. The van der Waals surface area contributed by atoms with Crippen molar-refractivity contribution in [3.8, 4) is 0 Å². The maximum Gasteiger partial charge on any atom is 0.258 e. The first kappa shape index (κ1) is 12.7. The van der Waals surface area contributed by atoms with E-state index in [9.17, 15) is 4.79 Å². The fourth-order valence-corrected chi connectivity index (χ4v) is 2.67. The van der Waals surface area contributed by atoms with Crippen LogP contribution in [0.15, 0.2) is 36.5 Å². The van der Waals surface area contributed by atoms with Crippen molar-refractivity contribution in [3.63, 3.8) is 0 Å². The fraction of sp³-hybridized carbons (Fsp3) is 0.250. The first-order chi connectivity index (χ1) is 9.65. The molecule has 4 nitrogen and oxygen atoms in total. The summed E-state index contributed by atoms with van der Waals surface area (Å²) < 4.78 is 0. The van der Waals surface area contributed by atoms with Gasteiger partial charge >= 0.3 is 0 Å². The molecular weight excluding hydrogens is 250 g/mol. The fourth-order valence-electron chi connectivity index (χ4n) is 2.67. The Morgan fingerprint density at radius 3 is 2.95 bits per heavy atom. The second-order valence-corrected chi connectivity index (χ2v) is 5.16.